The summed E-state index contributed by atoms with van der Waals surface area (Å²) >= 11 is 0. The topological polar surface area (TPSA) is 120 Å². The van der Waals surface area contributed by atoms with E-state index in [1.807, 2.05) is 11.9 Å². The maximum Gasteiger partial charge on any atom is 0.268 e. The average Bonchev–Trinajstić information content (AvgIpc) is 3.55. The molecule has 0 spiro atoms. The van der Waals surface area contributed by atoms with Crippen LogP contribution in [0.5, 0.6) is 0 Å². The highest BCUT2D eigenvalue weighted by Crippen LogP contribution is 2.29. The maximum atomic E-state index is 14.2. The first kappa shape index (κ1) is 26.2. The van der Waals surface area contributed by atoms with E-state index in [0.29, 0.717) is 42.8 Å². The highest BCUT2D eigenvalue weighted by molar-refractivity contribution is 5.98. The predicted molar refractivity (Wildman–Crippen MR) is 137 cm³/mol. The van der Waals surface area contributed by atoms with Gasteiger partial charge in [-0.15, -0.1) is 0 Å². The lowest BCUT2D eigenvalue weighted by atomic mass is 9.84. The van der Waals surface area contributed by atoms with Crippen LogP contribution in [0.1, 0.15) is 61.9 Å². The second-order valence-electron chi connectivity index (χ2n) is 9.87. The lowest BCUT2D eigenvalue weighted by Crippen LogP contribution is -2.44. The molecule has 9 heteroatoms. The molecule has 0 radical (unpaired) electrons. The number of hydrogen-bond donors (Lipinski definition) is 4. The summed E-state index contributed by atoms with van der Waals surface area (Å²) in [4.78, 5) is 50.7. The molecule has 1 amide bonds. The molecule has 4 rings (SSSR count). The highest BCUT2D eigenvalue weighted by atomic mass is 19.1. The number of hydrogen-bond acceptors (Lipinski definition) is 6. The summed E-state index contributed by atoms with van der Waals surface area (Å²) in [7, 11) is 0. The van der Waals surface area contributed by atoms with E-state index in [4.69, 9.17) is 0 Å². The average molecular weight is 507 g/mol. The molecule has 3 atom stereocenters. The number of para-hydroxylation sites is 1. The Hall–Kier alpha value is -3.89. The second kappa shape index (κ2) is 12.4. The van der Waals surface area contributed by atoms with E-state index < -0.39 is 23.8 Å². The van der Waals surface area contributed by atoms with Crippen molar-refractivity contribution in [2.75, 3.05) is 6.54 Å². The number of amides is 1. The number of halogens is 1. The monoisotopic (exact) mass is 506 g/mol. The standard InChI is InChI=1S/C28H31FN4O4/c29-22-8-4-7-20-15-24(32-27(20)22)28(37)33-23(13-18-5-2-1-3-6-18)26(17-36)31-21(10-12-34)14-19-9-11-30-25(19)16-35/h4,7-8,10,15,18-19,21,23,30-32H,1-3,5-6,9,11,13-14H2,(H,33,37)/t19-,21?,23?/m0/s1. The van der Waals surface area contributed by atoms with E-state index in [-0.39, 0.29) is 22.8 Å². The normalized spacial score (nSPS) is 19.2. The molecule has 1 aromatic heterocycles. The third-order valence-electron chi connectivity index (χ3n) is 7.38. The largest absolute Gasteiger partial charge is 0.379 e. The summed E-state index contributed by atoms with van der Waals surface area (Å²) in [5.74, 6) is 4.87. The van der Waals surface area contributed by atoms with Crippen molar-refractivity contribution in [1.82, 2.24) is 20.9 Å². The number of rotatable bonds is 10. The van der Waals surface area contributed by atoms with Crippen molar-refractivity contribution >= 4 is 34.6 Å². The fourth-order valence-electron chi connectivity index (χ4n) is 5.47. The van der Waals surface area contributed by atoms with Gasteiger partial charge in [0.15, 0.2) is 0 Å². The van der Waals surface area contributed by atoms with Crippen LogP contribution in [-0.4, -0.2) is 47.3 Å². The molecule has 1 saturated heterocycles. The molecule has 4 N–H and O–H groups in total. The van der Waals surface area contributed by atoms with E-state index in [9.17, 15) is 23.6 Å². The van der Waals surface area contributed by atoms with Gasteiger partial charge in [-0.1, -0.05) is 44.2 Å². The Morgan fingerprint density at radius 2 is 1.92 bits per heavy atom. The number of aromatic nitrogens is 1. The minimum Gasteiger partial charge on any atom is -0.379 e. The van der Waals surface area contributed by atoms with Gasteiger partial charge in [-0.3, -0.25) is 4.79 Å². The molecule has 194 valence electrons. The summed E-state index contributed by atoms with van der Waals surface area (Å²) in [6.07, 6.45) is 8.22. The van der Waals surface area contributed by atoms with Crippen molar-refractivity contribution in [1.29, 1.82) is 0 Å². The Labute approximate surface area is 214 Å². The molecule has 37 heavy (non-hydrogen) atoms. The van der Waals surface area contributed by atoms with Crippen LogP contribution in [0.25, 0.3) is 10.9 Å². The van der Waals surface area contributed by atoms with Gasteiger partial charge < -0.3 is 20.9 Å². The van der Waals surface area contributed by atoms with Crippen LogP contribution >= 0.6 is 0 Å². The summed E-state index contributed by atoms with van der Waals surface area (Å²) in [5.41, 5.74) is 0.989. The second-order valence-corrected chi connectivity index (χ2v) is 9.87. The van der Waals surface area contributed by atoms with Crippen LogP contribution in [0.4, 0.5) is 4.39 Å². The molecule has 1 aliphatic heterocycles. The first-order valence-corrected chi connectivity index (χ1v) is 12.8. The molecule has 1 aliphatic carbocycles. The molecule has 1 aromatic carbocycles. The molecule has 0 bridgehead atoms. The molecule has 8 nitrogen and oxygen atoms in total. The van der Waals surface area contributed by atoms with Gasteiger partial charge >= 0.3 is 0 Å². The minimum atomic E-state index is -0.685. The van der Waals surface area contributed by atoms with Gasteiger partial charge in [0.1, 0.15) is 35.0 Å². The molecule has 2 heterocycles. The lowest BCUT2D eigenvalue weighted by molar-refractivity contribution is 0.0930. The van der Waals surface area contributed by atoms with Gasteiger partial charge in [0.25, 0.3) is 5.91 Å². The van der Waals surface area contributed by atoms with E-state index in [0.717, 1.165) is 32.1 Å². The zero-order valence-corrected chi connectivity index (χ0v) is 20.6. The molecule has 2 aromatic rings. The summed E-state index contributed by atoms with van der Waals surface area (Å²) in [6.45, 7) is 0.634. The molecular formula is C28H31FN4O4. The van der Waals surface area contributed by atoms with Gasteiger partial charge in [0.05, 0.1) is 23.3 Å². The minimum absolute atomic E-state index is 0.125. The van der Waals surface area contributed by atoms with Gasteiger partial charge in [0.2, 0.25) is 0 Å². The van der Waals surface area contributed by atoms with Gasteiger partial charge in [-0.05, 0) is 37.3 Å². The van der Waals surface area contributed by atoms with Crippen molar-refractivity contribution in [3.05, 3.63) is 53.2 Å². The van der Waals surface area contributed by atoms with Crippen LogP contribution in [0.15, 0.2) is 41.7 Å². The van der Waals surface area contributed by atoms with Crippen LogP contribution < -0.4 is 16.0 Å². The van der Waals surface area contributed by atoms with Crippen molar-refractivity contribution in [3.8, 4) is 0 Å². The summed E-state index contributed by atoms with van der Waals surface area (Å²) in [5, 5.41) is 9.56. The third-order valence-corrected chi connectivity index (χ3v) is 7.38. The summed E-state index contributed by atoms with van der Waals surface area (Å²) < 4.78 is 14.2. The number of nitrogens with one attached hydrogen (secondary N) is 4. The Bertz CT molecular complexity index is 1280. The Morgan fingerprint density at radius 3 is 2.62 bits per heavy atom. The van der Waals surface area contributed by atoms with E-state index in [1.54, 1.807) is 24.1 Å². The molecule has 2 fully saturated rings. The molecular weight excluding hydrogens is 475 g/mol. The van der Waals surface area contributed by atoms with Crippen molar-refractivity contribution < 1.29 is 23.6 Å². The number of H-pyrrole nitrogens is 1. The molecule has 2 aliphatic rings. The van der Waals surface area contributed by atoms with Gasteiger partial charge in [0, 0.05) is 23.9 Å². The van der Waals surface area contributed by atoms with Crippen molar-refractivity contribution in [2.24, 2.45) is 11.8 Å². The Morgan fingerprint density at radius 1 is 1.11 bits per heavy atom. The first-order chi connectivity index (χ1) is 18.0. The number of benzene rings is 1. The van der Waals surface area contributed by atoms with Gasteiger partial charge in [-0.2, -0.15) is 0 Å². The van der Waals surface area contributed by atoms with Gasteiger partial charge in [-0.25, -0.2) is 18.8 Å². The zero-order chi connectivity index (χ0) is 26.2. The van der Waals surface area contributed by atoms with E-state index >= 15 is 0 Å². The maximum absolute atomic E-state index is 14.2. The van der Waals surface area contributed by atoms with Crippen LogP contribution in [-0.2, 0) is 14.4 Å². The summed E-state index contributed by atoms with van der Waals surface area (Å²) in [6, 6.07) is 4.89. The number of fused-ring (bicyclic) bond motifs is 1. The smallest absolute Gasteiger partial charge is 0.268 e. The molecule has 2 unspecified atom stereocenters. The number of carbonyl (C=O) groups excluding carboxylic acids is 4. The Balaban J connectivity index is 1.55. The van der Waals surface area contributed by atoms with E-state index in [2.05, 4.69) is 20.9 Å². The van der Waals surface area contributed by atoms with Crippen molar-refractivity contribution in [3.63, 3.8) is 0 Å². The number of allylic oxidation sites excluding steroid dienone is 1. The van der Waals surface area contributed by atoms with Crippen LogP contribution in [0.3, 0.4) is 0 Å². The third kappa shape index (κ3) is 6.46. The first-order valence-electron chi connectivity index (χ1n) is 12.8. The molecule has 1 saturated carbocycles. The predicted octanol–water partition coefficient (Wildman–Crippen LogP) is 3.15. The highest BCUT2D eigenvalue weighted by Gasteiger charge is 2.29. The quantitative estimate of drug-likeness (QED) is 0.368. The fourth-order valence-corrected chi connectivity index (χ4v) is 5.47. The number of carbonyl (C=O) groups is 1. The SMILES string of the molecule is O=C=CC(C[C@@H]1CCNC1=C=O)NC(=C=O)C(CC1CCCCC1)NC(=O)c1cc2cccc(F)c2[nH]1. The van der Waals surface area contributed by atoms with Crippen LogP contribution in [0.2, 0.25) is 0 Å². The number of aromatic amines is 1. The zero-order valence-electron chi connectivity index (χ0n) is 20.6. The Kier molecular flexibility index (Phi) is 8.76. The van der Waals surface area contributed by atoms with Crippen molar-refractivity contribution in [2.45, 2.75) is 63.5 Å². The van der Waals surface area contributed by atoms with Crippen LogP contribution in [0, 0.1) is 17.7 Å². The van der Waals surface area contributed by atoms with E-state index in [1.165, 1.54) is 12.1 Å². The lowest BCUT2D eigenvalue weighted by Gasteiger charge is -2.29. The fraction of sp³-hybridized carbons (Fsp3) is 0.464.